The van der Waals surface area contributed by atoms with E-state index in [2.05, 4.69) is 5.32 Å². The molecular formula is C14H19N3O4S. The molecule has 1 aromatic rings. The molecule has 2 aliphatic rings. The van der Waals surface area contributed by atoms with E-state index in [1.165, 1.54) is 24.3 Å². The van der Waals surface area contributed by atoms with Gasteiger partial charge in [-0.1, -0.05) is 0 Å². The maximum Gasteiger partial charge on any atom is 0.269 e. The van der Waals surface area contributed by atoms with Crippen LogP contribution in [0.15, 0.2) is 29.2 Å². The molecule has 1 aliphatic carbocycles. The molecule has 1 heterocycles. The second-order valence-electron chi connectivity index (χ2n) is 5.85. The van der Waals surface area contributed by atoms with E-state index in [1.807, 2.05) is 0 Å². The molecule has 1 aromatic carbocycles. The molecule has 120 valence electrons. The third-order valence-electron chi connectivity index (χ3n) is 4.17. The Hall–Kier alpha value is -1.51. The Morgan fingerprint density at radius 2 is 1.91 bits per heavy atom. The fourth-order valence-corrected chi connectivity index (χ4v) is 4.54. The van der Waals surface area contributed by atoms with E-state index in [0.717, 1.165) is 32.2 Å². The number of benzene rings is 1. The zero-order valence-electron chi connectivity index (χ0n) is 12.1. The maximum atomic E-state index is 12.8. The first-order valence-corrected chi connectivity index (χ1v) is 8.92. The van der Waals surface area contributed by atoms with Gasteiger partial charge in [-0.15, -0.1) is 0 Å². The van der Waals surface area contributed by atoms with Crippen LogP contribution in [-0.2, 0) is 10.0 Å². The number of non-ortho nitro benzene ring substituents is 1. The SMILES string of the molecule is O=[N+]([O-])c1ccc(S(=O)(=O)N(CC2CCCN2)C2CC2)cc1. The van der Waals surface area contributed by atoms with Gasteiger partial charge in [-0.05, 0) is 44.4 Å². The Morgan fingerprint density at radius 1 is 1.23 bits per heavy atom. The van der Waals surface area contributed by atoms with E-state index in [0.29, 0.717) is 6.54 Å². The first kappa shape index (κ1) is 15.4. The molecular weight excluding hydrogens is 306 g/mol. The summed E-state index contributed by atoms with van der Waals surface area (Å²) in [6, 6.07) is 5.41. The highest BCUT2D eigenvalue weighted by Gasteiger charge is 2.39. The van der Waals surface area contributed by atoms with Crippen molar-refractivity contribution in [2.75, 3.05) is 13.1 Å². The van der Waals surface area contributed by atoms with Crippen LogP contribution in [-0.4, -0.2) is 42.8 Å². The van der Waals surface area contributed by atoms with Gasteiger partial charge >= 0.3 is 0 Å². The molecule has 7 nitrogen and oxygen atoms in total. The predicted octanol–water partition coefficient (Wildman–Crippen LogP) is 1.50. The summed E-state index contributed by atoms with van der Waals surface area (Å²) in [4.78, 5) is 10.3. The molecule has 1 N–H and O–H groups in total. The fourth-order valence-electron chi connectivity index (χ4n) is 2.81. The Morgan fingerprint density at radius 3 is 2.41 bits per heavy atom. The van der Waals surface area contributed by atoms with Gasteiger partial charge in [0, 0.05) is 30.8 Å². The number of sulfonamides is 1. The molecule has 2 fully saturated rings. The molecule has 0 amide bonds. The smallest absolute Gasteiger partial charge is 0.269 e. The van der Waals surface area contributed by atoms with Crippen LogP contribution < -0.4 is 5.32 Å². The van der Waals surface area contributed by atoms with E-state index in [1.54, 1.807) is 4.31 Å². The Balaban J connectivity index is 1.83. The van der Waals surface area contributed by atoms with Crippen molar-refractivity contribution in [1.82, 2.24) is 9.62 Å². The third-order valence-corrected chi connectivity index (χ3v) is 6.10. The highest BCUT2D eigenvalue weighted by molar-refractivity contribution is 7.89. The number of nitro groups is 1. The van der Waals surface area contributed by atoms with Crippen LogP contribution >= 0.6 is 0 Å². The average Bonchev–Trinajstić information content (AvgIpc) is 3.20. The summed E-state index contributed by atoms with van der Waals surface area (Å²) < 4.78 is 27.2. The van der Waals surface area contributed by atoms with E-state index in [4.69, 9.17) is 0 Å². The van der Waals surface area contributed by atoms with Gasteiger partial charge in [-0.25, -0.2) is 8.42 Å². The van der Waals surface area contributed by atoms with Crippen LogP contribution in [0.5, 0.6) is 0 Å². The Kier molecular flexibility index (Phi) is 4.16. The van der Waals surface area contributed by atoms with Crippen LogP contribution in [0.3, 0.4) is 0 Å². The number of nitrogens with one attached hydrogen (secondary N) is 1. The van der Waals surface area contributed by atoms with Gasteiger partial charge in [0.2, 0.25) is 10.0 Å². The van der Waals surface area contributed by atoms with Gasteiger partial charge < -0.3 is 5.32 Å². The Labute approximate surface area is 129 Å². The molecule has 0 spiro atoms. The summed E-state index contributed by atoms with van der Waals surface area (Å²) >= 11 is 0. The largest absolute Gasteiger partial charge is 0.313 e. The molecule has 1 saturated carbocycles. The van der Waals surface area contributed by atoms with Crippen LogP contribution in [0.2, 0.25) is 0 Å². The fraction of sp³-hybridized carbons (Fsp3) is 0.571. The molecule has 1 aliphatic heterocycles. The van der Waals surface area contributed by atoms with Gasteiger partial charge in [-0.3, -0.25) is 10.1 Å². The van der Waals surface area contributed by atoms with Gasteiger partial charge in [0.15, 0.2) is 0 Å². The zero-order valence-corrected chi connectivity index (χ0v) is 13.0. The molecule has 0 bridgehead atoms. The molecule has 0 aromatic heterocycles. The molecule has 22 heavy (non-hydrogen) atoms. The average molecular weight is 325 g/mol. The molecule has 1 saturated heterocycles. The van der Waals surface area contributed by atoms with E-state index in [-0.39, 0.29) is 22.7 Å². The Bertz CT molecular complexity index is 649. The topological polar surface area (TPSA) is 92.5 Å². The minimum Gasteiger partial charge on any atom is -0.313 e. The molecule has 1 unspecified atom stereocenters. The van der Waals surface area contributed by atoms with Crippen molar-refractivity contribution in [3.8, 4) is 0 Å². The summed E-state index contributed by atoms with van der Waals surface area (Å²) in [5, 5.41) is 14.0. The van der Waals surface area contributed by atoms with Crippen molar-refractivity contribution in [3.05, 3.63) is 34.4 Å². The van der Waals surface area contributed by atoms with Gasteiger partial charge in [0.05, 0.1) is 9.82 Å². The van der Waals surface area contributed by atoms with Crippen molar-refractivity contribution >= 4 is 15.7 Å². The lowest BCUT2D eigenvalue weighted by Crippen LogP contribution is -2.42. The third kappa shape index (κ3) is 3.13. The summed E-state index contributed by atoms with van der Waals surface area (Å²) in [6.45, 7) is 1.41. The number of hydrogen-bond acceptors (Lipinski definition) is 5. The zero-order chi connectivity index (χ0) is 15.7. The molecule has 0 radical (unpaired) electrons. The van der Waals surface area contributed by atoms with E-state index in [9.17, 15) is 18.5 Å². The summed E-state index contributed by atoms with van der Waals surface area (Å²) in [5.74, 6) is 0. The number of nitro benzene ring substituents is 1. The van der Waals surface area contributed by atoms with Crippen molar-refractivity contribution in [2.24, 2.45) is 0 Å². The van der Waals surface area contributed by atoms with Gasteiger partial charge in [0.1, 0.15) is 0 Å². The van der Waals surface area contributed by atoms with Crippen molar-refractivity contribution in [3.63, 3.8) is 0 Å². The summed E-state index contributed by atoms with van der Waals surface area (Å²) in [7, 11) is -3.60. The molecule has 3 rings (SSSR count). The summed E-state index contributed by atoms with van der Waals surface area (Å²) in [6.07, 6.45) is 3.83. The van der Waals surface area contributed by atoms with Crippen LogP contribution in [0.25, 0.3) is 0 Å². The molecule has 1 atom stereocenters. The normalized spacial score (nSPS) is 22.1. The van der Waals surface area contributed by atoms with Crippen LogP contribution in [0.4, 0.5) is 5.69 Å². The standard InChI is InChI=1S/C14H19N3O4S/c18-17(19)13-5-7-14(8-6-13)22(20,21)16(12-3-4-12)10-11-2-1-9-15-11/h5-8,11-12,15H,1-4,9-10H2. The quantitative estimate of drug-likeness (QED) is 0.632. The first-order chi connectivity index (χ1) is 10.5. The maximum absolute atomic E-state index is 12.8. The highest BCUT2D eigenvalue weighted by Crippen LogP contribution is 2.33. The number of rotatable bonds is 6. The number of hydrogen-bond donors (Lipinski definition) is 1. The monoisotopic (exact) mass is 325 g/mol. The van der Waals surface area contributed by atoms with Crippen molar-refractivity contribution in [2.45, 2.75) is 42.7 Å². The summed E-state index contributed by atoms with van der Waals surface area (Å²) in [5.41, 5.74) is -0.102. The second-order valence-corrected chi connectivity index (χ2v) is 7.74. The predicted molar refractivity (Wildman–Crippen MR) is 81.0 cm³/mol. The van der Waals surface area contributed by atoms with Crippen molar-refractivity contribution < 1.29 is 13.3 Å². The first-order valence-electron chi connectivity index (χ1n) is 7.48. The second kappa shape index (κ2) is 5.94. The lowest BCUT2D eigenvalue weighted by molar-refractivity contribution is -0.384. The molecule has 8 heteroatoms. The van der Waals surface area contributed by atoms with E-state index >= 15 is 0 Å². The van der Waals surface area contributed by atoms with Crippen LogP contribution in [0, 0.1) is 10.1 Å². The highest BCUT2D eigenvalue weighted by atomic mass is 32.2. The van der Waals surface area contributed by atoms with E-state index < -0.39 is 14.9 Å². The minimum absolute atomic E-state index is 0.0718. The van der Waals surface area contributed by atoms with Crippen LogP contribution in [0.1, 0.15) is 25.7 Å². The van der Waals surface area contributed by atoms with Gasteiger partial charge in [-0.2, -0.15) is 4.31 Å². The lowest BCUT2D eigenvalue weighted by Gasteiger charge is -2.25. The van der Waals surface area contributed by atoms with Gasteiger partial charge in [0.25, 0.3) is 5.69 Å². The van der Waals surface area contributed by atoms with Crippen molar-refractivity contribution in [1.29, 1.82) is 0 Å². The minimum atomic E-state index is -3.60. The number of nitrogens with zero attached hydrogens (tertiary/aromatic N) is 2. The lowest BCUT2D eigenvalue weighted by atomic mass is 10.2.